The van der Waals surface area contributed by atoms with E-state index in [2.05, 4.69) is 0 Å². The molecule has 0 radical (unpaired) electrons. The maximum atomic E-state index is 13.4. The van der Waals surface area contributed by atoms with E-state index in [-0.39, 0.29) is 5.91 Å². The fourth-order valence-electron chi connectivity index (χ4n) is 2.67. The second-order valence-corrected chi connectivity index (χ2v) is 5.19. The Bertz CT molecular complexity index is 700. The van der Waals surface area contributed by atoms with Crippen LogP contribution < -0.4 is 9.64 Å². The zero-order valence-electron chi connectivity index (χ0n) is 12.1. The predicted molar refractivity (Wildman–Crippen MR) is 80.6 cm³/mol. The van der Waals surface area contributed by atoms with Crippen molar-refractivity contribution in [1.29, 1.82) is 0 Å². The van der Waals surface area contributed by atoms with Crippen molar-refractivity contribution in [1.82, 2.24) is 0 Å². The summed E-state index contributed by atoms with van der Waals surface area (Å²) in [7, 11) is 1.56. The van der Waals surface area contributed by atoms with Gasteiger partial charge in [-0.2, -0.15) is 0 Å². The minimum atomic E-state index is -0.745. The number of anilines is 1. The first-order chi connectivity index (χ1) is 10.6. The maximum absolute atomic E-state index is 13.4. The maximum Gasteiger partial charge on any atom is 0.258 e. The molecule has 1 amide bonds. The third kappa shape index (κ3) is 2.55. The van der Waals surface area contributed by atoms with E-state index >= 15 is 0 Å². The van der Waals surface area contributed by atoms with Gasteiger partial charge in [0.25, 0.3) is 5.91 Å². The lowest BCUT2D eigenvalue weighted by molar-refractivity contribution is 0.0970. The fourth-order valence-corrected chi connectivity index (χ4v) is 2.67. The van der Waals surface area contributed by atoms with Crippen molar-refractivity contribution in [3.63, 3.8) is 0 Å². The summed E-state index contributed by atoms with van der Waals surface area (Å²) in [6.45, 7) is 0.394. The van der Waals surface area contributed by atoms with Gasteiger partial charge in [0.05, 0.1) is 13.2 Å². The third-order valence-electron chi connectivity index (χ3n) is 3.85. The van der Waals surface area contributed by atoms with Crippen LogP contribution >= 0.6 is 0 Å². The molecule has 0 fully saturated rings. The van der Waals surface area contributed by atoms with E-state index < -0.39 is 11.9 Å². The molecule has 0 aliphatic carbocycles. The molecular formula is C17H16FNO3. The van der Waals surface area contributed by atoms with Crippen LogP contribution in [0.1, 0.15) is 28.4 Å². The number of aliphatic hydroxyl groups excluding tert-OH is 1. The van der Waals surface area contributed by atoms with Gasteiger partial charge in [0, 0.05) is 23.4 Å². The number of amides is 1. The number of benzene rings is 2. The molecule has 1 aliphatic heterocycles. The van der Waals surface area contributed by atoms with Crippen molar-refractivity contribution in [3.05, 3.63) is 59.4 Å². The Morgan fingerprint density at radius 2 is 2.00 bits per heavy atom. The van der Waals surface area contributed by atoms with E-state index in [4.69, 9.17) is 4.74 Å². The molecule has 0 saturated heterocycles. The smallest absolute Gasteiger partial charge is 0.258 e. The molecule has 0 bridgehead atoms. The Morgan fingerprint density at radius 3 is 2.68 bits per heavy atom. The molecule has 1 atom stereocenters. The lowest BCUT2D eigenvalue weighted by atomic mass is 9.98. The van der Waals surface area contributed by atoms with Crippen LogP contribution in [0.15, 0.2) is 42.5 Å². The molecular weight excluding hydrogens is 285 g/mol. The zero-order valence-corrected chi connectivity index (χ0v) is 12.1. The summed E-state index contributed by atoms with van der Waals surface area (Å²) in [5.41, 5.74) is 1.53. The van der Waals surface area contributed by atoms with Gasteiger partial charge in [-0.25, -0.2) is 4.39 Å². The molecule has 0 spiro atoms. The first-order valence-corrected chi connectivity index (χ1v) is 7.03. The summed E-state index contributed by atoms with van der Waals surface area (Å²) in [6.07, 6.45) is -0.358. The quantitative estimate of drug-likeness (QED) is 0.928. The molecule has 5 heteroatoms. The summed E-state index contributed by atoms with van der Waals surface area (Å²) >= 11 is 0. The number of hydrogen-bond acceptors (Lipinski definition) is 3. The Morgan fingerprint density at radius 1 is 1.27 bits per heavy atom. The van der Waals surface area contributed by atoms with Gasteiger partial charge in [0.2, 0.25) is 0 Å². The average Bonchev–Trinajstić information content (AvgIpc) is 2.55. The highest BCUT2D eigenvalue weighted by molar-refractivity contribution is 6.06. The zero-order chi connectivity index (χ0) is 15.7. The van der Waals surface area contributed by atoms with E-state index in [9.17, 15) is 14.3 Å². The Balaban J connectivity index is 1.95. The van der Waals surface area contributed by atoms with Crippen LogP contribution in [-0.2, 0) is 0 Å². The van der Waals surface area contributed by atoms with Crippen LogP contribution in [0.5, 0.6) is 5.75 Å². The topological polar surface area (TPSA) is 49.8 Å². The Labute approximate surface area is 127 Å². The molecule has 1 heterocycles. The van der Waals surface area contributed by atoms with Crippen LogP contribution in [0.25, 0.3) is 0 Å². The lowest BCUT2D eigenvalue weighted by Gasteiger charge is -2.32. The molecule has 1 unspecified atom stereocenters. The van der Waals surface area contributed by atoms with E-state index in [1.807, 2.05) is 0 Å². The minimum Gasteiger partial charge on any atom is -0.497 e. The van der Waals surface area contributed by atoms with E-state index in [1.165, 1.54) is 18.2 Å². The number of aliphatic hydroxyl groups is 1. The minimum absolute atomic E-state index is 0.178. The SMILES string of the molecule is COc1ccc(C(=O)N2CCC(O)c3cc(F)ccc32)cc1. The van der Waals surface area contributed by atoms with Crippen molar-refractivity contribution < 1.29 is 19.0 Å². The van der Waals surface area contributed by atoms with Gasteiger partial charge < -0.3 is 14.7 Å². The second kappa shape index (κ2) is 5.77. The summed E-state index contributed by atoms with van der Waals surface area (Å²) in [6, 6.07) is 10.9. The van der Waals surface area contributed by atoms with Gasteiger partial charge >= 0.3 is 0 Å². The molecule has 4 nitrogen and oxygen atoms in total. The monoisotopic (exact) mass is 301 g/mol. The van der Waals surface area contributed by atoms with E-state index in [0.29, 0.717) is 35.5 Å². The van der Waals surface area contributed by atoms with Crippen LogP contribution in [0, 0.1) is 5.82 Å². The summed E-state index contributed by atoms with van der Waals surface area (Å²) < 4.78 is 18.5. The van der Waals surface area contributed by atoms with Crippen molar-refractivity contribution in [2.75, 3.05) is 18.6 Å². The number of methoxy groups -OCH3 is 1. The Kier molecular flexibility index (Phi) is 3.81. The number of carbonyl (C=O) groups is 1. The number of fused-ring (bicyclic) bond motifs is 1. The van der Waals surface area contributed by atoms with Gasteiger partial charge in [0.1, 0.15) is 11.6 Å². The van der Waals surface area contributed by atoms with Crippen LogP contribution in [0.4, 0.5) is 10.1 Å². The Hall–Kier alpha value is -2.40. The van der Waals surface area contributed by atoms with Crippen molar-refractivity contribution in [3.8, 4) is 5.75 Å². The fraction of sp³-hybridized carbons (Fsp3) is 0.235. The van der Waals surface area contributed by atoms with Crippen LogP contribution in [0.2, 0.25) is 0 Å². The lowest BCUT2D eigenvalue weighted by Crippen LogP contribution is -2.36. The highest BCUT2D eigenvalue weighted by Crippen LogP contribution is 2.35. The van der Waals surface area contributed by atoms with Crippen molar-refractivity contribution in [2.45, 2.75) is 12.5 Å². The van der Waals surface area contributed by atoms with Crippen molar-refractivity contribution in [2.24, 2.45) is 0 Å². The first kappa shape index (κ1) is 14.5. The molecule has 0 saturated carbocycles. The number of halogens is 1. The second-order valence-electron chi connectivity index (χ2n) is 5.19. The largest absolute Gasteiger partial charge is 0.497 e. The van der Waals surface area contributed by atoms with Crippen LogP contribution in [-0.4, -0.2) is 24.7 Å². The molecule has 114 valence electrons. The van der Waals surface area contributed by atoms with E-state index in [1.54, 1.807) is 36.3 Å². The molecule has 2 aromatic carbocycles. The molecule has 1 aliphatic rings. The highest BCUT2D eigenvalue weighted by Gasteiger charge is 2.28. The van der Waals surface area contributed by atoms with Gasteiger partial charge in [-0.3, -0.25) is 4.79 Å². The average molecular weight is 301 g/mol. The highest BCUT2D eigenvalue weighted by atomic mass is 19.1. The summed E-state index contributed by atoms with van der Waals surface area (Å²) in [5.74, 6) is 0.0760. The number of carbonyl (C=O) groups excluding carboxylic acids is 1. The summed E-state index contributed by atoms with van der Waals surface area (Å²) in [5, 5.41) is 10.0. The number of rotatable bonds is 2. The number of ether oxygens (including phenoxy) is 1. The van der Waals surface area contributed by atoms with Gasteiger partial charge in [-0.15, -0.1) is 0 Å². The number of nitrogens with zero attached hydrogens (tertiary/aromatic N) is 1. The van der Waals surface area contributed by atoms with E-state index in [0.717, 1.165) is 0 Å². The molecule has 0 aromatic heterocycles. The molecule has 2 aromatic rings. The number of hydrogen-bond donors (Lipinski definition) is 1. The van der Waals surface area contributed by atoms with Crippen molar-refractivity contribution >= 4 is 11.6 Å². The van der Waals surface area contributed by atoms with Crippen LogP contribution in [0.3, 0.4) is 0 Å². The third-order valence-corrected chi connectivity index (χ3v) is 3.85. The van der Waals surface area contributed by atoms with Gasteiger partial charge in [-0.1, -0.05) is 0 Å². The molecule has 1 N–H and O–H groups in total. The normalized spacial score (nSPS) is 17.0. The first-order valence-electron chi connectivity index (χ1n) is 7.03. The van der Waals surface area contributed by atoms with Gasteiger partial charge in [0.15, 0.2) is 0 Å². The summed E-state index contributed by atoms with van der Waals surface area (Å²) in [4.78, 5) is 14.2. The predicted octanol–water partition coefficient (Wildman–Crippen LogP) is 2.92. The molecule has 3 rings (SSSR count). The molecule has 22 heavy (non-hydrogen) atoms. The van der Waals surface area contributed by atoms with Gasteiger partial charge in [-0.05, 0) is 48.9 Å². The standard InChI is InChI=1S/C17H16FNO3/c1-22-13-5-2-11(3-6-13)17(21)19-9-8-16(20)14-10-12(18)4-7-15(14)19/h2-7,10,16,20H,8-9H2,1H3.